The maximum atomic E-state index is 13.5. The van der Waals surface area contributed by atoms with Crippen LogP contribution in [-0.2, 0) is 9.59 Å². The number of nitrogens with zero attached hydrogens (tertiary/aromatic N) is 3. The predicted molar refractivity (Wildman–Crippen MR) is 131 cm³/mol. The molecule has 2 heterocycles. The number of rotatable bonds is 12. The summed E-state index contributed by atoms with van der Waals surface area (Å²) in [6, 6.07) is 2.52. The van der Waals surface area contributed by atoms with E-state index in [9.17, 15) is 39.6 Å². The summed E-state index contributed by atoms with van der Waals surface area (Å²) in [7, 11) is 0. The second-order valence-electron chi connectivity index (χ2n) is 8.41. The number of carboxylic acids is 2. The highest BCUT2D eigenvalue weighted by Gasteiger charge is 2.44. The minimum Gasteiger partial charge on any atom is -0.478 e. The molecule has 2 amide bonds. The quantitative estimate of drug-likeness (QED) is 0.218. The molecule has 12 nitrogen and oxygen atoms in total. The first-order valence-electron chi connectivity index (χ1n) is 10.8. The predicted octanol–water partition coefficient (Wildman–Crippen LogP) is 0.763. The molecular formula is C23H28N4O8S. The minimum absolute atomic E-state index is 0.0674. The maximum absolute atomic E-state index is 13.5. The monoisotopic (exact) mass is 520 g/mol. The van der Waals surface area contributed by atoms with Crippen LogP contribution in [0.2, 0.25) is 0 Å². The van der Waals surface area contributed by atoms with Crippen LogP contribution in [0.25, 0.3) is 0 Å². The Bertz CT molecular complexity index is 1130. The summed E-state index contributed by atoms with van der Waals surface area (Å²) >= 11 is 4.01. The van der Waals surface area contributed by atoms with E-state index in [1.165, 1.54) is 38.4 Å². The van der Waals surface area contributed by atoms with Crippen molar-refractivity contribution in [1.29, 1.82) is 0 Å². The number of hydrogen-bond acceptors (Lipinski definition) is 9. The number of carbonyl (C=O) groups is 4. The lowest BCUT2D eigenvalue weighted by Crippen LogP contribution is -2.50. The molecule has 0 radical (unpaired) electrons. The number of thiol groups is 1. The van der Waals surface area contributed by atoms with Crippen LogP contribution in [0.3, 0.4) is 0 Å². The molecule has 13 heteroatoms. The summed E-state index contributed by atoms with van der Waals surface area (Å²) in [5.74, 6) is -3.78. The van der Waals surface area contributed by atoms with E-state index in [4.69, 9.17) is 0 Å². The molecule has 2 aromatic heterocycles. The highest BCUT2D eigenvalue weighted by atomic mass is 32.1. The lowest BCUT2D eigenvalue weighted by atomic mass is 9.76. The first-order chi connectivity index (χ1) is 16.9. The molecule has 2 rings (SSSR count). The van der Waals surface area contributed by atoms with Crippen LogP contribution < -0.4 is 10.2 Å². The fourth-order valence-electron chi connectivity index (χ4n) is 3.47. The van der Waals surface area contributed by atoms with Gasteiger partial charge in [0.05, 0.1) is 17.4 Å². The number of aliphatic hydroxyl groups excluding tert-OH is 2. The normalized spacial score (nSPS) is 12.9. The summed E-state index contributed by atoms with van der Waals surface area (Å²) in [6.07, 6.45) is 0.815. The molecule has 0 spiro atoms. The number of aromatic nitrogens is 2. The molecule has 36 heavy (non-hydrogen) atoms. The second-order valence-corrected chi connectivity index (χ2v) is 8.85. The number of aliphatic hydroxyl groups is 2. The molecule has 5 N–H and O–H groups in total. The molecule has 0 saturated carbocycles. The highest BCUT2D eigenvalue weighted by molar-refractivity contribution is 7.80. The number of amides is 2. The van der Waals surface area contributed by atoms with Crippen molar-refractivity contribution in [2.45, 2.75) is 32.5 Å². The van der Waals surface area contributed by atoms with E-state index in [0.29, 0.717) is 5.75 Å². The molecule has 0 aliphatic heterocycles. The zero-order valence-corrected chi connectivity index (χ0v) is 20.6. The van der Waals surface area contributed by atoms with E-state index in [1.54, 1.807) is 0 Å². The van der Waals surface area contributed by atoms with Gasteiger partial charge in [0.2, 0.25) is 5.91 Å². The van der Waals surface area contributed by atoms with Crippen LogP contribution in [-0.4, -0.2) is 79.1 Å². The van der Waals surface area contributed by atoms with E-state index < -0.39 is 41.4 Å². The Balaban J connectivity index is 2.45. The van der Waals surface area contributed by atoms with Crippen molar-refractivity contribution < 1.29 is 39.6 Å². The fraction of sp³-hybridized carbons (Fsp3) is 0.391. The van der Waals surface area contributed by atoms with Gasteiger partial charge < -0.3 is 30.6 Å². The average molecular weight is 521 g/mol. The fourth-order valence-corrected chi connectivity index (χ4v) is 3.58. The highest BCUT2D eigenvalue weighted by Crippen LogP contribution is 2.39. The Morgan fingerprint density at radius 2 is 1.61 bits per heavy atom. The number of carbonyl (C=O) groups excluding carboxylic acids is 2. The van der Waals surface area contributed by atoms with Gasteiger partial charge in [-0.1, -0.05) is 13.8 Å². The molecule has 1 unspecified atom stereocenters. The van der Waals surface area contributed by atoms with E-state index >= 15 is 0 Å². The van der Waals surface area contributed by atoms with Crippen LogP contribution in [0.4, 0.5) is 5.69 Å². The summed E-state index contributed by atoms with van der Waals surface area (Å²) in [5.41, 5.74) is -2.47. The molecule has 0 aliphatic carbocycles. The second kappa shape index (κ2) is 12.4. The van der Waals surface area contributed by atoms with E-state index in [-0.39, 0.29) is 41.9 Å². The number of anilines is 1. The first-order valence-corrected chi connectivity index (χ1v) is 11.5. The summed E-state index contributed by atoms with van der Waals surface area (Å²) in [4.78, 5) is 57.5. The van der Waals surface area contributed by atoms with Gasteiger partial charge in [0.1, 0.15) is 11.7 Å². The Hall–Kier alpha value is -3.55. The molecule has 0 bridgehead atoms. The Morgan fingerprint density at radius 3 is 2.19 bits per heavy atom. The van der Waals surface area contributed by atoms with Gasteiger partial charge in [0.15, 0.2) is 0 Å². The standard InChI is InChI=1S/C23H28N4O8S/c1-23(2,18(29)13-3-6-24-11-14(13)21(32)33)19(30)20(31)27(9-5-17(28)26-8-10-36)16-4-7-25-12-15(16)22(34)35/h3-4,6-7,11-12,18-19,29-30,36H,5,8-10H2,1-2H3,(H,26,28)(H,32,33)(H,34,35)/t18?,19-/m1/s1. The SMILES string of the molecule is CC(C)(C(O)c1ccncc1C(=O)O)[C@H](O)C(=O)N(CCC(=O)NCCS)c1ccncc1C(=O)O. The van der Waals surface area contributed by atoms with E-state index in [1.807, 2.05) is 0 Å². The van der Waals surface area contributed by atoms with Crippen molar-refractivity contribution in [3.05, 3.63) is 53.6 Å². The Kier molecular flexibility index (Phi) is 9.90. The van der Waals surface area contributed by atoms with Crippen LogP contribution >= 0.6 is 12.6 Å². The van der Waals surface area contributed by atoms with Gasteiger partial charge in [0.25, 0.3) is 5.91 Å². The summed E-state index contributed by atoms with van der Waals surface area (Å²) < 4.78 is 0. The van der Waals surface area contributed by atoms with Crippen molar-refractivity contribution in [1.82, 2.24) is 15.3 Å². The van der Waals surface area contributed by atoms with Crippen molar-refractivity contribution in [2.24, 2.45) is 5.41 Å². The molecular weight excluding hydrogens is 492 g/mol. The van der Waals surface area contributed by atoms with Crippen LogP contribution in [0, 0.1) is 5.41 Å². The van der Waals surface area contributed by atoms with Gasteiger partial charge in [-0.25, -0.2) is 9.59 Å². The lowest BCUT2D eigenvalue weighted by Gasteiger charge is -2.37. The summed E-state index contributed by atoms with van der Waals surface area (Å²) in [5, 5.41) is 43.7. The zero-order chi connectivity index (χ0) is 27.0. The van der Waals surface area contributed by atoms with Gasteiger partial charge in [-0.05, 0) is 17.7 Å². The Labute approximate surface area is 212 Å². The molecule has 2 atom stereocenters. The third-order valence-corrected chi connectivity index (χ3v) is 5.83. The van der Waals surface area contributed by atoms with Crippen molar-refractivity contribution in [3.63, 3.8) is 0 Å². The molecule has 2 aromatic rings. The topological polar surface area (TPSA) is 190 Å². The van der Waals surface area contributed by atoms with Gasteiger partial charge >= 0.3 is 11.9 Å². The average Bonchev–Trinajstić information content (AvgIpc) is 2.86. The largest absolute Gasteiger partial charge is 0.478 e. The lowest BCUT2D eigenvalue weighted by molar-refractivity contribution is -0.138. The molecule has 0 aliphatic rings. The molecule has 194 valence electrons. The molecule has 0 fully saturated rings. The van der Waals surface area contributed by atoms with Gasteiger partial charge in [-0.15, -0.1) is 0 Å². The third kappa shape index (κ3) is 6.56. The van der Waals surface area contributed by atoms with E-state index in [0.717, 1.165) is 17.3 Å². The van der Waals surface area contributed by atoms with Crippen molar-refractivity contribution in [2.75, 3.05) is 23.7 Å². The maximum Gasteiger partial charge on any atom is 0.339 e. The zero-order valence-electron chi connectivity index (χ0n) is 19.7. The third-order valence-electron chi connectivity index (χ3n) is 5.60. The molecule has 0 saturated heterocycles. The van der Waals surface area contributed by atoms with Crippen molar-refractivity contribution in [3.8, 4) is 0 Å². The number of carboxylic acid groups (broad SMARTS) is 2. The van der Waals surface area contributed by atoms with E-state index in [2.05, 4.69) is 27.9 Å². The first kappa shape index (κ1) is 28.7. The van der Waals surface area contributed by atoms with Crippen molar-refractivity contribution >= 4 is 42.1 Å². The number of hydrogen-bond donors (Lipinski definition) is 6. The van der Waals surface area contributed by atoms with Gasteiger partial charge in [-0.2, -0.15) is 12.6 Å². The molecule has 0 aromatic carbocycles. The minimum atomic E-state index is -1.93. The smallest absolute Gasteiger partial charge is 0.339 e. The van der Waals surface area contributed by atoms with Gasteiger partial charge in [0, 0.05) is 55.5 Å². The van der Waals surface area contributed by atoms with Gasteiger partial charge in [-0.3, -0.25) is 19.6 Å². The number of aromatic carboxylic acids is 2. The number of pyridine rings is 2. The number of nitrogens with one attached hydrogen (secondary N) is 1. The van der Waals surface area contributed by atoms with Crippen LogP contribution in [0.5, 0.6) is 0 Å². The van der Waals surface area contributed by atoms with Crippen LogP contribution in [0.15, 0.2) is 36.9 Å². The van der Waals surface area contributed by atoms with Crippen LogP contribution in [0.1, 0.15) is 52.7 Å². The summed E-state index contributed by atoms with van der Waals surface area (Å²) in [6.45, 7) is 2.70. The Morgan fingerprint density at radius 1 is 1.03 bits per heavy atom.